The average molecular weight is 423 g/mol. The number of halogens is 1. The second kappa shape index (κ2) is 8.76. The number of primary amides is 1. The van der Waals surface area contributed by atoms with Crippen LogP contribution in [0.15, 0.2) is 39.9 Å². The van der Waals surface area contributed by atoms with Crippen molar-refractivity contribution in [1.82, 2.24) is 15.3 Å². The number of hydrogen-bond acceptors (Lipinski definition) is 5. The predicted molar refractivity (Wildman–Crippen MR) is 97.8 cm³/mol. The van der Waals surface area contributed by atoms with Crippen molar-refractivity contribution < 1.29 is 14.4 Å². The Morgan fingerprint density at radius 3 is 2.58 bits per heavy atom. The van der Waals surface area contributed by atoms with Crippen molar-refractivity contribution in [2.24, 2.45) is 5.73 Å². The molecule has 0 fully saturated rings. The van der Waals surface area contributed by atoms with Gasteiger partial charge in [0, 0.05) is 24.3 Å². The molecule has 0 spiro atoms. The maximum atomic E-state index is 12.2. The van der Waals surface area contributed by atoms with Gasteiger partial charge in [0.15, 0.2) is 0 Å². The minimum atomic E-state index is -0.592. The highest BCUT2D eigenvalue weighted by Crippen LogP contribution is 2.17. The van der Waals surface area contributed by atoms with Crippen LogP contribution in [0.3, 0.4) is 0 Å². The summed E-state index contributed by atoms with van der Waals surface area (Å²) >= 11 is 3.01. The van der Waals surface area contributed by atoms with Crippen LogP contribution < -0.4 is 27.2 Å². The molecule has 0 aliphatic rings. The number of carbonyl (C=O) groups is 3. The lowest BCUT2D eigenvalue weighted by Gasteiger charge is -2.09. The standard InChI is InChI=1S/C15H15BrN6O4/c16-11-12(19-7-20-13(11)24)14(25)21-8-2-1-3-9(6-8)22-15(26)18-5-4-10(17)23/h1-3,6-7H,4-5H2,(H2,17,23)(H,21,25)(H2,18,22,26)(H,19,20,24). The number of anilines is 2. The van der Waals surface area contributed by atoms with E-state index in [-0.39, 0.29) is 23.1 Å². The van der Waals surface area contributed by atoms with Crippen LogP contribution in [0.5, 0.6) is 0 Å². The molecule has 0 radical (unpaired) electrons. The first-order valence-corrected chi connectivity index (χ1v) is 8.14. The molecule has 0 unspecified atom stereocenters. The largest absolute Gasteiger partial charge is 0.370 e. The summed E-state index contributed by atoms with van der Waals surface area (Å²) in [7, 11) is 0. The van der Waals surface area contributed by atoms with E-state index in [0.717, 1.165) is 6.33 Å². The summed E-state index contributed by atoms with van der Waals surface area (Å²) in [6.45, 7) is 0.111. The predicted octanol–water partition coefficient (Wildman–Crippen LogP) is 0.782. The normalized spacial score (nSPS) is 10.0. The first-order valence-electron chi connectivity index (χ1n) is 7.34. The van der Waals surface area contributed by atoms with Crippen molar-refractivity contribution in [3.63, 3.8) is 0 Å². The molecule has 2 rings (SSSR count). The van der Waals surface area contributed by atoms with E-state index in [4.69, 9.17) is 5.73 Å². The Kier molecular flexibility index (Phi) is 6.44. The van der Waals surface area contributed by atoms with Crippen LogP contribution >= 0.6 is 15.9 Å². The summed E-state index contributed by atoms with van der Waals surface area (Å²) in [5.74, 6) is -1.11. The van der Waals surface area contributed by atoms with Crippen LogP contribution in [0.25, 0.3) is 0 Å². The Hall–Kier alpha value is -3.21. The van der Waals surface area contributed by atoms with Crippen LogP contribution in [0, 0.1) is 0 Å². The Bertz CT molecular complexity index is 898. The molecule has 0 aliphatic carbocycles. The number of amides is 4. The molecule has 0 saturated carbocycles. The lowest BCUT2D eigenvalue weighted by atomic mass is 10.2. The maximum absolute atomic E-state index is 12.2. The average Bonchev–Trinajstić information content (AvgIpc) is 2.57. The van der Waals surface area contributed by atoms with Crippen molar-refractivity contribution >= 4 is 45.2 Å². The van der Waals surface area contributed by atoms with Gasteiger partial charge in [-0.1, -0.05) is 6.07 Å². The zero-order valence-corrected chi connectivity index (χ0v) is 14.9. The molecule has 2 aromatic rings. The lowest BCUT2D eigenvalue weighted by Crippen LogP contribution is -2.31. The van der Waals surface area contributed by atoms with E-state index in [1.807, 2.05) is 0 Å². The van der Waals surface area contributed by atoms with E-state index in [1.165, 1.54) is 6.07 Å². The SMILES string of the molecule is NC(=O)CCNC(=O)Nc1cccc(NC(=O)c2nc[nH]c(=O)c2Br)c1. The van der Waals surface area contributed by atoms with Gasteiger partial charge < -0.3 is 26.7 Å². The molecule has 0 atom stereocenters. The molecular formula is C15H15BrN6O4. The molecule has 26 heavy (non-hydrogen) atoms. The van der Waals surface area contributed by atoms with Gasteiger partial charge in [0.25, 0.3) is 11.5 Å². The van der Waals surface area contributed by atoms with E-state index in [9.17, 15) is 19.2 Å². The first kappa shape index (κ1) is 19.1. The number of hydrogen-bond donors (Lipinski definition) is 5. The third-order valence-electron chi connectivity index (χ3n) is 3.05. The summed E-state index contributed by atoms with van der Waals surface area (Å²) in [6.07, 6.45) is 1.15. The van der Waals surface area contributed by atoms with Gasteiger partial charge in [-0.3, -0.25) is 14.4 Å². The molecule has 0 aliphatic heterocycles. The second-order valence-corrected chi connectivity index (χ2v) is 5.82. The van der Waals surface area contributed by atoms with Crippen molar-refractivity contribution in [3.05, 3.63) is 51.1 Å². The number of rotatable bonds is 6. The molecule has 0 saturated heterocycles. The van der Waals surface area contributed by atoms with Crippen molar-refractivity contribution in [2.45, 2.75) is 6.42 Å². The molecular weight excluding hydrogens is 408 g/mol. The monoisotopic (exact) mass is 422 g/mol. The Labute approximate surface area is 155 Å². The van der Waals surface area contributed by atoms with Crippen LogP contribution in [0.1, 0.15) is 16.9 Å². The molecule has 10 nitrogen and oxygen atoms in total. The van der Waals surface area contributed by atoms with Crippen LogP contribution in [-0.4, -0.2) is 34.4 Å². The van der Waals surface area contributed by atoms with E-state index in [2.05, 4.69) is 41.8 Å². The maximum Gasteiger partial charge on any atom is 0.319 e. The summed E-state index contributed by atoms with van der Waals surface area (Å²) in [5.41, 5.74) is 5.24. The fourth-order valence-corrected chi connectivity index (χ4v) is 2.28. The highest BCUT2D eigenvalue weighted by molar-refractivity contribution is 9.10. The third-order valence-corrected chi connectivity index (χ3v) is 3.78. The molecule has 6 N–H and O–H groups in total. The minimum absolute atomic E-state index is 0.0145. The van der Waals surface area contributed by atoms with E-state index in [0.29, 0.717) is 11.4 Å². The van der Waals surface area contributed by atoms with Gasteiger partial charge in [0.2, 0.25) is 5.91 Å². The fraction of sp³-hybridized carbons (Fsp3) is 0.133. The van der Waals surface area contributed by atoms with Gasteiger partial charge in [-0.25, -0.2) is 9.78 Å². The molecule has 4 amide bonds. The highest BCUT2D eigenvalue weighted by atomic mass is 79.9. The number of carbonyl (C=O) groups excluding carboxylic acids is 3. The number of nitrogens with two attached hydrogens (primary N) is 1. The number of benzene rings is 1. The van der Waals surface area contributed by atoms with E-state index >= 15 is 0 Å². The lowest BCUT2D eigenvalue weighted by molar-refractivity contribution is -0.117. The van der Waals surface area contributed by atoms with Gasteiger partial charge in [-0.2, -0.15) is 0 Å². The van der Waals surface area contributed by atoms with Crippen LogP contribution in [-0.2, 0) is 4.79 Å². The Balaban J connectivity index is 2.01. The van der Waals surface area contributed by atoms with E-state index in [1.54, 1.807) is 18.2 Å². The number of aromatic amines is 1. The summed E-state index contributed by atoms with van der Waals surface area (Å²) in [5, 5.41) is 7.61. The minimum Gasteiger partial charge on any atom is -0.370 e. The van der Waals surface area contributed by atoms with Gasteiger partial charge in [0.1, 0.15) is 10.2 Å². The first-order chi connectivity index (χ1) is 12.4. The van der Waals surface area contributed by atoms with Gasteiger partial charge in [0.05, 0.1) is 6.33 Å². The van der Waals surface area contributed by atoms with Gasteiger partial charge in [-0.05, 0) is 34.1 Å². The van der Waals surface area contributed by atoms with Crippen molar-refractivity contribution in [3.8, 4) is 0 Å². The zero-order chi connectivity index (χ0) is 19.1. The molecule has 11 heteroatoms. The second-order valence-electron chi connectivity index (χ2n) is 5.03. The summed E-state index contributed by atoms with van der Waals surface area (Å²) in [4.78, 5) is 52.2. The smallest absolute Gasteiger partial charge is 0.319 e. The summed E-state index contributed by atoms with van der Waals surface area (Å²) < 4.78 is 0.0145. The topological polar surface area (TPSA) is 159 Å². The Morgan fingerprint density at radius 2 is 1.88 bits per heavy atom. The Morgan fingerprint density at radius 1 is 1.19 bits per heavy atom. The molecule has 1 aromatic carbocycles. The number of aromatic nitrogens is 2. The molecule has 1 heterocycles. The van der Waals surface area contributed by atoms with Crippen molar-refractivity contribution in [1.29, 1.82) is 0 Å². The van der Waals surface area contributed by atoms with Crippen LogP contribution in [0.4, 0.5) is 16.2 Å². The van der Waals surface area contributed by atoms with Gasteiger partial charge in [-0.15, -0.1) is 0 Å². The zero-order valence-electron chi connectivity index (χ0n) is 13.3. The summed E-state index contributed by atoms with van der Waals surface area (Å²) in [6, 6.07) is 5.84. The van der Waals surface area contributed by atoms with Crippen molar-refractivity contribution in [2.75, 3.05) is 17.2 Å². The van der Waals surface area contributed by atoms with Crippen LogP contribution in [0.2, 0.25) is 0 Å². The number of nitrogens with zero attached hydrogens (tertiary/aromatic N) is 1. The number of nitrogens with one attached hydrogen (secondary N) is 4. The number of urea groups is 1. The number of H-pyrrole nitrogens is 1. The van der Waals surface area contributed by atoms with Gasteiger partial charge >= 0.3 is 6.03 Å². The third kappa shape index (κ3) is 5.41. The fourth-order valence-electron chi connectivity index (χ4n) is 1.88. The molecule has 1 aromatic heterocycles. The molecule has 0 bridgehead atoms. The molecule has 136 valence electrons. The highest BCUT2D eigenvalue weighted by Gasteiger charge is 2.14. The van der Waals surface area contributed by atoms with E-state index < -0.39 is 23.4 Å². The quantitative estimate of drug-likeness (QED) is 0.464.